The van der Waals surface area contributed by atoms with E-state index in [9.17, 15) is 0 Å². The van der Waals surface area contributed by atoms with Crippen molar-refractivity contribution >= 4 is 43.7 Å². The maximum absolute atomic E-state index is 5.26. The summed E-state index contributed by atoms with van der Waals surface area (Å²) in [4.78, 5) is 10.2. The van der Waals surface area contributed by atoms with Crippen molar-refractivity contribution in [3.05, 3.63) is 206 Å². The van der Waals surface area contributed by atoms with Crippen LogP contribution in [0.2, 0.25) is 0 Å². The first-order chi connectivity index (χ1) is 27.8. The largest absolute Gasteiger partial charge is 0.309 e. The smallest absolute Gasteiger partial charge is 0.0963 e. The number of benzene rings is 7. The van der Waals surface area contributed by atoms with Crippen LogP contribution in [-0.4, -0.2) is 19.1 Å². The fraction of sp³-hybridized carbons (Fsp3) is 0. The van der Waals surface area contributed by atoms with E-state index < -0.39 is 0 Å². The second-order valence-corrected chi connectivity index (χ2v) is 14.2. The lowest BCUT2D eigenvalue weighted by molar-refractivity contribution is 1.17. The minimum Gasteiger partial charge on any atom is -0.309 e. The maximum Gasteiger partial charge on any atom is 0.0963 e. The molecule has 0 saturated heterocycles. The van der Waals surface area contributed by atoms with Crippen molar-refractivity contribution in [2.75, 3.05) is 0 Å². The minimum absolute atomic E-state index is 0.923. The predicted molar refractivity (Wildman–Crippen MR) is 232 cm³/mol. The number of hydrogen-bond acceptors (Lipinski definition) is 2. The van der Waals surface area contributed by atoms with E-state index in [-0.39, 0.29) is 0 Å². The van der Waals surface area contributed by atoms with Gasteiger partial charge in [0.15, 0.2) is 0 Å². The van der Waals surface area contributed by atoms with Gasteiger partial charge >= 0.3 is 0 Å². The molecule has 11 aromatic rings. The van der Waals surface area contributed by atoms with Gasteiger partial charge in [0, 0.05) is 50.4 Å². The number of nitrogens with zero attached hydrogens (tertiary/aromatic N) is 4. The van der Waals surface area contributed by atoms with Gasteiger partial charge in [0.25, 0.3) is 0 Å². The molecule has 4 heterocycles. The van der Waals surface area contributed by atoms with Crippen LogP contribution >= 0.6 is 0 Å². The quantitative estimate of drug-likeness (QED) is 0.172. The summed E-state index contributed by atoms with van der Waals surface area (Å²) < 4.78 is 4.77. The molecular formula is C52H34N4. The molecule has 0 saturated carbocycles. The van der Waals surface area contributed by atoms with Crippen molar-refractivity contribution in [2.45, 2.75) is 0 Å². The first-order valence-electron chi connectivity index (χ1n) is 19.0. The van der Waals surface area contributed by atoms with Crippen LogP contribution in [0.4, 0.5) is 0 Å². The zero-order valence-corrected chi connectivity index (χ0v) is 30.4. The molecule has 11 rings (SSSR count). The van der Waals surface area contributed by atoms with Crippen molar-refractivity contribution < 1.29 is 0 Å². The molecule has 0 N–H and O–H groups in total. The summed E-state index contributed by atoms with van der Waals surface area (Å²) in [5, 5.41) is 3.59. The third-order valence-corrected chi connectivity index (χ3v) is 10.9. The molecule has 0 fully saturated rings. The van der Waals surface area contributed by atoms with Gasteiger partial charge in [0.05, 0.1) is 39.0 Å². The lowest BCUT2D eigenvalue weighted by atomic mass is 9.99. The van der Waals surface area contributed by atoms with Crippen LogP contribution in [0.3, 0.4) is 0 Å². The summed E-state index contributed by atoms with van der Waals surface area (Å²) in [6, 6.07) is 71.2. The number of pyridine rings is 2. The highest BCUT2D eigenvalue weighted by atomic mass is 15.0. The van der Waals surface area contributed by atoms with Gasteiger partial charge in [-0.15, -0.1) is 0 Å². The van der Waals surface area contributed by atoms with Crippen LogP contribution in [-0.2, 0) is 0 Å². The lowest BCUT2D eigenvalue weighted by Crippen LogP contribution is -1.97. The first kappa shape index (κ1) is 31.9. The van der Waals surface area contributed by atoms with Gasteiger partial charge in [-0.2, -0.15) is 0 Å². The van der Waals surface area contributed by atoms with Gasteiger partial charge in [-0.25, -0.2) is 4.98 Å². The summed E-state index contributed by atoms with van der Waals surface area (Å²) in [6.07, 6.45) is 1.89. The van der Waals surface area contributed by atoms with Crippen LogP contribution in [0.25, 0.3) is 99.9 Å². The van der Waals surface area contributed by atoms with Crippen LogP contribution in [0.15, 0.2) is 206 Å². The van der Waals surface area contributed by atoms with Crippen molar-refractivity contribution in [1.82, 2.24) is 19.1 Å². The Balaban J connectivity index is 1.12. The van der Waals surface area contributed by atoms with E-state index in [1.807, 2.05) is 18.3 Å². The molecule has 0 radical (unpaired) electrons. The molecule has 4 nitrogen and oxygen atoms in total. The lowest BCUT2D eigenvalue weighted by Gasteiger charge is -2.14. The molecule has 0 aliphatic rings. The Morgan fingerprint density at radius 1 is 0.339 bits per heavy atom. The second-order valence-electron chi connectivity index (χ2n) is 14.2. The highest BCUT2D eigenvalue weighted by molar-refractivity contribution is 6.15. The average molecular weight is 715 g/mol. The van der Waals surface area contributed by atoms with Crippen molar-refractivity contribution in [3.8, 4) is 56.1 Å². The fourth-order valence-electron chi connectivity index (χ4n) is 8.41. The number of fused-ring (bicyclic) bond motifs is 6. The Kier molecular flexibility index (Phi) is 7.46. The molecule has 4 aromatic heterocycles. The number of hydrogen-bond donors (Lipinski definition) is 0. The van der Waals surface area contributed by atoms with Crippen molar-refractivity contribution in [3.63, 3.8) is 0 Å². The SMILES string of the molecule is c1ccc(-c2cc(-c3ccccc3)nc(-c3cccc(-n4c5cc(-c6cccc7c8ccccc8n(-c8ccccc8)c67)ccc5c5ncccc54)c3)c2)cc1. The third kappa shape index (κ3) is 5.23. The summed E-state index contributed by atoms with van der Waals surface area (Å²) in [5.41, 5.74) is 16.3. The van der Waals surface area contributed by atoms with E-state index in [0.717, 1.165) is 72.5 Å². The Bertz CT molecular complexity index is 3170. The fourth-order valence-corrected chi connectivity index (χ4v) is 8.41. The zero-order chi connectivity index (χ0) is 37.0. The van der Waals surface area contributed by atoms with E-state index in [1.165, 1.54) is 27.4 Å². The van der Waals surface area contributed by atoms with Crippen LogP contribution in [0.1, 0.15) is 0 Å². The van der Waals surface area contributed by atoms with Crippen LogP contribution in [0, 0.1) is 0 Å². The van der Waals surface area contributed by atoms with Gasteiger partial charge < -0.3 is 9.13 Å². The maximum atomic E-state index is 5.26. The van der Waals surface area contributed by atoms with Crippen LogP contribution < -0.4 is 0 Å². The molecule has 0 unspecified atom stereocenters. The van der Waals surface area contributed by atoms with E-state index in [1.54, 1.807) is 0 Å². The average Bonchev–Trinajstić information content (AvgIpc) is 3.80. The van der Waals surface area contributed by atoms with Gasteiger partial charge in [-0.3, -0.25) is 4.98 Å². The summed E-state index contributed by atoms with van der Waals surface area (Å²) >= 11 is 0. The number of rotatable bonds is 6. The molecule has 4 heteroatoms. The molecule has 0 bridgehead atoms. The Labute approximate surface area is 324 Å². The third-order valence-electron chi connectivity index (χ3n) is 10.9. The van der Waals surface area contributed by atoms with Gasteiger partial charge in [-0.05, 0) is 83.4 Å². The molecule has 0 aliphatic heterocycles. The predicted octanol–water partition coefficient (Wildman–Crippen LogP) is 13.3. The minimum atomic E-state index is 0.923. The zero-order valence-electron chi connectivity index (χ0n) is 30.4. The molecule has 0 spiro atoms. The summed E-state index contributed by atoms with van der Waals surface area (Å²) in [6.45, 7) is 0. The first-order valence-corrected chi connectivity index (χ1v) is 19.0. The van der Waals surface area contributed by atoms with Crippen molar-refractivity contribution in [2.24, 2.45) is 0 Å². The molecule has 7 aromatic carbocycles. The Hall–Kier alpha value is -7.56. The van der Waals surface area contributed by atoms with E-state index in [4.69, 9.17) is 9.97 Å². The van der Waals surface area contributed by atoms with Gasteiger partial charge in [0.2, 0.25) is 0 Å². The number of aromatic nitrogens is 4. The van der Waals surface area contributed by atoms with Gasteiger partial charge in [0.1, 0.15) is 0 Å². The van der Waals surface area contributed by atoms with Crippen LogP contribution in [0.5, 0.6) is 0 Å². The molecule has 262 valence electrons. The van der Waals surface area contributed by atoms with E-state index >= 15 is 0 Å². The molecule has 0 amide bonds. The van der Waals surface area contributed by atoms with E-state index in [2.05, 4.69) is 197 Å². The van der Waals surface area contributed by atoms with Crippen molar-refractivity contribution in [1.29, 1.82) is 0 Å². The Morgan fingerprint density at radius 2 is 0.982 bits per heavy atom. The topological polar surface area (TPSA) is 35.6 Å². The highest BCUT2D eigenvalue weighted by Crippen LogP contribution is 2.41. The monoisotopic (exact) mass is 714 g/mol. The molecule has 56 heavy (non-hydrogen) atoms. The standard InChI is InChI=1S/C52H34N4/c1-4-15-35(16-5-1)39-32-46(36-17-6-2-7-18-36)54-47(33-39)38-19-12-22-41(31-38)55-49-27-14-30-53-51(49)45-29-28-37(34-50(45)55)42-24-13-25-44-43-23-10-11-26-48(43)56(52(42)44)40-20-8-3-9-21-40/h1-34H. The molecular weight excluding hydrogens is 681 g/mol. The summed E-state index contributed by atoms with van der Waals surface area (Å²) in [5.74, 6) is 0. The highest BCUT2D eigenvalue weighted by Gasteiger charge is 2.19. The Morgan fingerprint density at radius 3 is 1.80 bits per heavy atom. The number of para-hydroxylation sites is 3. The van der Waals surface area contributed by atoms with E-state index in [0.29, 0.717) is 0 Å². The second kappa shape index (κ2) is 13.1. The normalized spacial score (nSPS) is 11.6. The molecule has 0 atom stereocenters. The summed E-state index contributed by atoms with van der Waals surface area (Å²) in [7, 11) is 0. The van der Waals surface area contributed by atoms with Gasteiger partial charge in [-0.1, -0.05) is 133 Å². The molecule has 0 aliphatic carbocycles.